The number of rotatable bonds is 3. The quantitative estimate of drug-likeness (QED) is 0.711. The minimum absolute atomic E-state index is 0.0276. The predicted molar refractivity (Wildman–Crippen MR) is 90.5 cm³/mol. The Hall–Kier alpha value is -1.40. The molecule has 0 amide bonds. The molecule has 1 unspecified atom stereocenters. The molecule has 1 heterocycles. The summed E-state index contributed by atoms with van der Waals surface area (Å²) in [5.41, 5.74) is 9.66. The zero-order valence-corrected chi connectivity index (χ0v) is 13.4. The van der Waals surface area contributed by atoms with Gasteiger partial charge in [-0.15, -0.1) is 0 Å². The van der Waals surface area contributed by atoms with Gasteiger partial charge >= 0.3 is 0 Å². The first-order valence-corrected chi connectivity index (χ1v) is 7.64. The summed E-state index contributed by atoms with van der Waals surface area (Å²) in [6, 6.07) is 16.5. The Bertz CT molecular complexity index is 748. The van der Waals surface area contributed by atoms with E-state index in [9.17, 15) is 0 Å². The number of fused-ring (bicyclic) bond motifs is 1. The second-order valence-corrected chi connectivity index (χ2v) is 6.19. The first-order valence-electron chi connectivity index (χ1n) is 6.56. The number of halogens is 1. The lowest BCUT2D eigenvalue weighted by atomic mass is 10.0. The van der Waals surface area contributed by atoms with Crippen molar-refractivity contribution in [2.75, 3.05) is 0 Å². The van der Waals surface area contributed by atoms with E-state index in [-0.39, 0.29) is 6.04 Å². The zero-order valence-electron chi connectivity index (χ0n) is 11.3. The van der Waals surface area contributed by atoms with E-state index in [1.54, 1.807) is 0 Å². The molecule has 0 saturated carbocycles. The highest BCUT2D eigenvalue weighted by molar-refractivity contribution is 14.1. The molecule has 1 atom stereocenters. The second kappa shape index (κ2) is 5.54. The summed E-state index contributed by atoms with van der Waals surface area (Å²) in [5, 5.41) is 0. The van der Waals surface area contributed by atoms with Gasteiger partial charge < -0.3 is 10.3 Å². The monoisotopic (exact) mass is 377 g/mol. The number of aromatic nitrogens is 2. The maximum absolute atomic E-state index is 6.33. The fourth-order valence-corrected chi connectivity index (χ4v) is 3.00. The van der Waals surface area contributed by atoms with E-state index >= 15 is 0 Å². The molecule has 2 N–H and O–H groups in total. The minimum atomic E-state index is -0.0276. The highest BCUT2D eigenvalue weighted by Gasteiger charge is 2.13. The summed E-state index contributed by atoms with van der Waals surface area (Å²) in [6.07, 6.45) is 0.741. The molecule has 0 aliphatic heterocycles. The number of nitrogens with two attached hydrogens (primary N) is 1. The van der Waals surface area contributed by atoms with Gasteiger partial charge in [-0.3, -0.25) is 0 Å². The van der Waals surface area contributed by atoms with Crippen LogP contribution >= 0.6 is 22.6 Å². The van der Waals surface area contributed by atoms with Gasteiger partial charge in [-0.2, -0.15) is 0 Å². The number of imidazole rings is 1. The van der Waals surface area contributed by atoms with Crippen LogP contribution in [-0.2, 0) is 13.5 Å². The molecule has 0 fully saturated rings. The predicted octanol–water partition coefficient (Wildman–Crippen LogP) is 3.42. The number of hydrogen-bond donors (Lipinski definition) is 1. The van der Waals surface area contributed by atoms with Gasteiger partial charge in [0.05, 0.1) is 11.0 Å². The van der Waals surface area contributed by atoms with Crippen LogP contribution in [0.15, 0.2) is 48.5 Å². The molecule has 102 valence electrons. The number of aryl methyl sites for hydroxylation is 1. The third-order valence-corrected chi connectivity index (χ3v) is 4.23. The second-order valence-electron chi connectivity index (χ2n) is 4.94. The van der Waals surface area contributed by atoms with Gasteiger partial charge in [0.25, 0.3) is 0 Å². The zero-order chi connectivity index (χ0) is 14.1. The molecule has 0 radical (unpaired) electrons. The van der Waals surface area contributed by atoms with Crippen LogP contribution in [0.1, 0.15) is 17.4 Å². The Morgan fingerprint density at radius 3 is 2.75 bits per heavy atom. The van der Waals surface area contributed by atoms with E-state index in [0.29, 0.717) is 0 Å². The lowest BCUT2D eigenvalue weighted by molar-refractivity contribution is 0.665. The maximum atomic E-state index is 6.33. The number of hydrogen-bond acceptors (Lipinski definition) is 2. The molecule has 20 heavy (non-hydrogen) atoms. The molecule has 2 aromatic carbocycles. The highest BCUT2D eigenvalue weighted by Crippen LogP contribution is 2.20. The molecule has 0 aliphatic rings. The molecule has 3 aromatic rings. The van der Waals surface area contributed by atoms with Crippen LogP contribution in [-0.4, -0.2) is 9.55 Å². The standard InChI is InChI=1S/C16H16IN3/c1-20-15-8-3-2-7-14(15)19-16(20)10-13(18)11-5-4-6-12(17)9-11/h2-9,13H,10,18H2,1H3. The smallest absolute Gasteiger partial charge is 0.111 e. The molecule has 0 aliphatic carbocycles. The van der Waals surface area contributed by atoms with Crippen LogP contribution in [0, 0.1) is 3.57 Å². The Labute approximate surface area is 132 Å². The summed E-state index contributed by atoms with van der Waals surface area (Å²) in [6.45, 7) is 0. The van der Waals surface area contributed by atoms with Gasteiger partial charge in [-0.1, -0.05) is 24.3 Å². The van der Waals surface area contributed by atoms with Gasteiger partial charge in [0.2, 0.25) is 0 Å². The van der Waals surface area contributed by atoms with E-state index in [2.05, 4.69) is 56.4 Å². The van der Waals surface area contributed by atoms with E-state index in [4.69, 9.17) is 5.73 Å². The third kappa shape index (κ3) is 2.58. The molecule has 0 saturated heterocycles. The van der Waals surface area contributed by atoms with Crippen molar-refractivity contribution in [1.82, 2.24) is 9.55 Å². The minimum Gasteiger partial charge on any atom is -0.331 e. The number of benzene rings is 2. The van der Waals surface area contributed by atoms with Crippen molar-refractivity contribution in [3.8, 4) is 0 Å². The van der Waals surface area contributed by atoms with Crippen molar-refractivity contribution in [2.45, 2.75) is 12.5 Å². The fraction of sp³-hybridized carbons (Fsp3) is 0.188. The first kappa shape index (κ1) is 13.6. The van der Waals surface area contributed by atoms with Crippen LogP contribution < -0.4 is 5.73 Å². The van der Waals surface area contributed by atoms with Crippen LogP contribution in [0.3, 0.4) is 0 Å². The summed E-state index contributed by atoms with van der Waals surface area (Å²) < 4.78 is 3.34. The van der Waals surface area contributed by atoms with Gasteiger partial charge in [0, 0.05) is 23.1 Å². The lowest BCUT2D eigenvalue weighted by Gasteiger charge is -2.12. The van der Waals surface area contributed by atoms with E-state index in [1.165, 1.54) is 3.57 Å². The first-order chi connectivity index (χ1) is 9.65. The lowest BCUT2D eigenvalue weighted by Crippen LogP contribution is -2.15. The van der Waals surface area contributed by atoms with Gasteiger partial charge in [-0.25, -0.2) is 4.98 Å². The summed E-state index contributed by atoms with van der Waals surface area (Å²) >= 11 is 2.31. The molecule has 3 nitrogen and oxygen atoms in total. The van der Waals surface area contributed by atoms with Gasteiger partial charge in [0.15, 0.2) is 0 Å². The Kier molecular flexibility index (Phi) is 3.76. The molecule has 0 spiro atoms. The summed E-state index contributed by atoms with van der Waals surface area (Å²) in [5.74, 6) is 1.03. The molecule has 3 rings (SSSR count). The largest absolute Gasteiger partial charge is 0.331 e. The SMILES string of the molecule is Cn1c(CC(N)c2cccc(I)c2)nc2ccccc21. The normalized spacial score (nSPS) is 12.8. The van der Waals surface area contributed by atoms with Crippen LogP contribution in [0.25, 0.3) is 11.0 Å². The van der Waals surface area contributed by atoms with E-state index < -0.39 is 0 Å². The van der Waals surface area contributed by atoms with Crippen LogP contribution in [0.4, 0.5) is 0 Å². The van der Waals surface area contributed by atoms with Crippen molar-refractivity contribution < 1.29 is 0 Å². The fourth-order valence-electron chi connectivity index (χ4n) is 2.43. The Morgan fingerprint density at radius 1 is 1.20 bits per heavy atom. The molecule has 1 aromatic heterocycles. The number of para-hydroxylation sites is 2. The maximum Gasteiger partial charge on any atom is 0.111 e. The van der Waals surface area contributed by atoms with E-state index in [0.717, 1.165) is 28.8 Å². The van der Waals surface area contributed by atoms with Crippen molar-refractivity contribution in [1.29, 1.82) is 0 Å². The molecular formula is C16H16IN3. The summed E-state index contributed by atoms with van der Waals surface area (Å²) in [7, 11) is 2.05. The van der Waals surface area contributed by atoms with Crippen molar-refractivity contribution >= 4 is 33.6 Å². The molecule has 0 bridgehead atoms. The van der Waals surface area contributed by atoms with Crippen molar-refractivity contribution in [3.63, 3.8) is 0 Å². The van der Waals surface area contributed by atoms with Gasteiger partial charge in [0.1, 0.15) is 5.82 Å². The third-order valence-electron chi connectivity index (χ3n) is 3.56. The van der Waals surface area contributed by atoms with E-state index in [1.807, 2.05) is 31.3 Å². The average Bonchev–Trinajstić information content (AvgIpc) is 2.76. The van der Waals surface area contributed by atoms with Gasteiger partial charge in [-0.05, 0) is 52.4 Å². The topological polar surface area (TPSA) is 43.8 Å². The Morgan fingerprint density at radius 2 is 2.00 bits per heavy atom. The number of nitrogens with zero attached hydrogens (tertiary/aromatic N) is 2. The summed E-state index contributed by atoms with van der Waals surface area (Å²) in [4.78, 5) is 4.68. The van der Waals surface area contributed by atoms with Crippen molar-refractivity contribution in [3.05, 3.63) is 63.5 Å². The Balaban J connectivity index is 1.91. The van der Waals surface area contributed by atoms with Crippen LogP contribution in [0.2, 0.25) is 0 Å². The van der Waals surface area contributed by atoms with Crippen LogP contribution in [0.5, 0.6) is 0 Å². The average molecular weight is 377 g/mol. The van der Waals surface area contributed by atoms with Crippen molar-refractivity contribution in [2.24, 2.45) is 12.8 Å². The molecule has 4 heteroatoms. The molecular weight excluding hydrogens is 361 g/mol. The highest BCUT2D eigenvalue weighted by atomic mass is 127.